The summed E-state index contributed by atoms with van der Waals surface area (Å²) in [5.74, 6) is -0.392. The van der Waals surface area contributed by atoms with Crippen LogP contribution in [-0.2, 0) is 0 Å². The van der Waals surface area contributed by atoms with Gasteiger partial charge in [-0.3, -0.25) is 4.79 Å². The number of nitrogens with one attached hydrogen (secondary N) is 1. The number of carbonyl (C=O) groups excluding carboxylic acids is 1. The molecule has 20 heavy (non-hydrogen) atoms. The van der Waals surface area contributed by atoms with Gasteiger partial charge < -0.3 is 9.84 Å². The van der Waals surface area contributed by atoms with E-state index in [1.165, 1.54) is 12.1 Å². The summed E-state index contributed by atoms with van der Waals surface area (Å²) in [6.07, 6.45) is 0. The van der Waals surface area contributed by atoms with E-state index >= 15 is 0 Å². The summed E-state index contributed by atoms with van der Waals surface area (Å²) in [5, 5.41) is 6.59. The smallest absolute Gasteiger partial charge is 0.254 e. The molecule has 2 rings (SSSR count). The van der Waals surface area contributed by atoms with Crippen LogP contribution in [0, 0.1) is 19.7 Å². The minimum atomic E-state index is -0.567. The molecule has 1 unspecified atom stereocenters. The van der Waals surface area contributed by atoms with Crippen molar-refractivity contribution in [2.75, 3.05) is 0 Å². The molecule has 0 aliphatic carbocycles. The van der Waals surface area contributed by atoms with Crippen molar-refractivity contribution in [1.82, 2.24) is 10.5 Å². The molecule has 1 aromatic heterocycles. The Morgan fingerprint density at radius 3 is 2.70 bits per heavy atom. The maximum atomic E-state index is 13.7. The van der Waals surface area contributed by atoms with Crippen LogP contribution < -0.4 is 5.32 Å². The molecule has 1 N–H and O–H groups in total. The SMILES string of the molecule is Cc1noc(C)c1C(C)NC(=O)c1ccc(Br)cc1F. The number of carbonyl (C=O) groups is 1. The Balaban J connectivity index is 2.19. The number of nitrogens with zero attached hydrogens (tertiary/aromatic N) is 1. The minimum absolute atomic E-state index is 0.00631. The molecule has 0 saturated carbocycles. The van der Waals surface area contributed by atoms with Gasteiger partial charge in [0.25, 0.3) is 5.91 Å². The summed E-state index contributed by atoms with van der Waals surface area (Å²) in [4.78, 5) is 12.1. The van der Waals surface area contributed by atoms with E-state index in [9.17, 15) is 9.18 Å². The molecule has 2 aromatic rings. The fourth-order valence-corrected chi connectivity index (χ4v) is 2.46. The summed E-state index contributed by atoms with van der Waals surface area (Å²) in [6, 6.07) is 4.01. The Hall–Kier alpha value is -1.69. The standard InChI is InChI=1S/C14H14BrFN2O2/c1-7(13-8(2)18-20-9(13)3)17-14(19)11-5-4-10(15)6-12(11)16/h4-7H,1-3H3,(H,17,19). The van der Waals surface area contributed by atoms with E-state index in [0.717, 1.165) is 5.56 Å². The zero-order valence-corrected chi connectivity index (χ0v) is 12.9. The third-order valence-corrected chi connectivity index (χ3v) is 3.54. The molecule has 0 fully saturated rings. The molecule has 0 saturated heterocycles. The number of amides is 1. The number of rotatable bonds is 3. The molecule has 106 valence electrons. The van der Waals surface area contributed by atoms with Gasteiger partial charge in [0, 0.05) is 10.0 Å². The predicted octanol–water partition coefficient (Wildman–Crippen LogP) is 3.68. The molecule has 1 amide bonds. The van der Waals surface area contributed by atoms with Crippen molar-refractivity contribution in [2.45, 2.75) is 26.8 Å². The van der Waals surface area contributed by atoms with Crippen LogP contribution in [-0.4, -0.2) is 11.1 Å². The Bertz CT molecular complexity index is 635. The number of hydrogen-bond acceptors (Lipinski definition) is 3. The lowest BCUT2D eigenvalue weighted by Gasteiger charge is -2.14. The van der Waals surface area contributed by atoms with E-state index in [-0.39, 0.29) is 11.6 Å². The van der Waals surface area contributed by atoms with E-state index < -0.39 is 11.7 Å². The Morgan fingerprint density at radius 2 is 2.15 bits per heavy atom. The van der Waals surface area contributed by atoms with Crippen molar-refractivity contribution in [3.63, 3.8) is 0 Å². The highest BCUT2D eigenvalue weighted by atomic mass is 79.9. The third kappa shape index (κ3) is 2.90. The molecule has 0 radical (unpaired) electrons. The van der Waals surface area contributed by atoms with Crippen LogP contribution in [0.15, 0.2) is 27.2 Å². The molecule has 1 atom stereocenters. The molecule has 6 heteroatoms. The Labute approximate surface area is 124 Å². The van der Waals surface area contributed by atoms with Crippen LogP contribution in [0.1, 0.15) is 40.3 Å². The number of halogens is 2. The van der Waals surface area contributed by atoms with Gasteiger partial charge in [0.15, 0.2) is 0 Å². The van der Waals surface area contributed by atoms with Crippen LogP contribution in [0.3, 0.4) is 0 Å². The quantitative estimate of drug-likeness (QED) is 0.927. The topological polar surface area (TPSA) is 55.1 Å². The molecular formula is C14H14BrFN2O2. The summed E-state index contributed by atoms with van der Waals surface area (Å²) in [5.41, 5.74) is 1.54. The van der Waals surface area contributed by atoms with E-state index in [4.69, 9.17) is 4.52 Å². The third-order valence-electron chi connectivity index (χ3n) is 3.04. The zero-order chi connectivity index (χ0) is 14.9. The van der Waals surface area contributed by atoms with Crippen LogP contribution in [0.5, 0.6) is 0 Å². The molecule has 1 heterocycles. The lowest BCUT2D eigenvalue weighted by Crippen LogP contribution is -2.28. The van der Waals surface area contributed by atoms with Crippen molar-refractivity contribution in [3.8, 4) is 0 Å². The fraction of sp³-hybridized carbons (Fsp3) is 0.286. The van der Waals surface area contributed by atoms with E-state index in [0.29, 0.717) is 15.9 Å². The van der Waals surface area contributed by atoms with E-state index in [1.54, 1.807) is 26.8 Å². The van der Waals surface area contributed by atoms with Crippen LogP contribution in [0.2, 0.25) is 0 Å². The van der Waals surface area contributed by atoms with Gasteiger partial charge >= 0.3 is 0 Å². The van der Waals surface area contributed by atoms with Crippen LogP contribution in [0.25, 0.3) is 0 Å². The minimum Gasteiger partial charge on any atom is -0.361 e. The van der Waals surface area contributed by atoms with Crippen molar-refractivity contribution in [1.29, 1.82) is 0 Å². The van der Waals surface area contributed by atoms with Gasteiger partial charge in [-0.1, -0.05) is 21.1 Å². The number of hydrogen-bond donors (Lipinski definition) is 1. The number of aromatic nitrogens is 1. The average Bonchev–Trinajstić information content (AvgIpc) is 2.68. The molecule has 4 nitrogen and oxygen atoms in total. The molecule has 0 aliphatic rings. The Kier molecular flexibility index (Phi) is 4.23. The first-order chi connectivity index (χ1) is 9.40. The van der Waals surface area contributed by atoms with Crippen molar-refractivity contribution in [2.24, 2.45) is 0 Å². The normalized spacial score (nSPS) is 12.2. The summed E-state index contributed by atoms with van der Waals surface area (Å²) < 4.78 is 19.4. The predicted molar refractivity (Wildman–Crippen MR) is 76.0 cm³/mol. The largest absolute Gasteiger partial charge is 0.361 e. The highest BCUT2D eigenvalue weighted by molar-refractivity contribution is 9.10. The van der Waals surface area contributed by atoms with Crippen molar-refractivity contribution >= 4 is 21.8 Å². The Morgan fingerprint density at radius 1 is 1.45 bits per heavy atom. The van der Waals surface area contributed by atoms with Gasteiger partial charge in [0.1, 0.15) is 11.6 Å². The number of benzene rings is 1. The van der Waals surface area contributed by atoms with Crippen molar-refractivity contribution < 1.29 is 13.7 Å². The number of aryl methyl sites for hydroxylation is 2. The second kappa shape index (κ2) is 5.75. The zero-order valence-electron chi connectivity index (χ0n) is 11.3. The highest BCUT2D eigenvalue weighted by Gasteiger charge is 2.20. The van der Waals surface area contributed by atoms with Gasteiger partial charge in [0.2, 0.25) is 0 Å². The fourth-order valence-electron chi connectivity index (χ4n) is 2.13. The van der Waals surface area contributed by atoms with Gasteiger partial charge in [-0.15, -0.1) is 0 Å². The van der Waals surface area contributed by atoms with E-state index in [2.05, 4.69) is 26.4 Å². The molecule has 0 spiro atoms. The van der Waals surface area contributed by atoms with Crippen molar-refractivity contribution in [3.05, 3.63) is 51.1 Å². The van der Waals surface area contributed by atoms with Gasteiger partial charge in [0.05, 0.1) is 17.3 Å². The van der Waals surface area contributed by atoms with Crippen LogP contribution >= 0.6 is 15.9 Å². The first-order valence-electron chi connectivity index (χ1n) is 6.09. The van der Waals surface area contributed by atoms with E-state index in [1.807, 2.05) is 0 Å². The van der Waals surface area contributed by atoms with Gasteiger partial charge in [-0.25, -0.2) is 4.39 Å². The highest BCUT2D eigenvalue weighted by Crippen LogP contribution is 2.22. The average molecular weight is 341 g/mol. The summed E-state index contributed by atoms with van der Waals surface area (Å²) in [6.45, 7) is 5.38. The second-order valence-electron chi connectivity index (χ2n) is 4.56. The monoisotopic (exact) mass is 340 g/mol. The van der Waals surface area contributed by atoms with Gasteiger partial charge in [-0.2, -0.15) is 0 Å². The van der Waals surface area contributed by atoms with Crippen LogP contribution in [0.4, 0.5) is 4.39 Å². The molecule has 0 bridgehead atoms. The molecular weight excluding hydrogens is 327 g/mol. The maximum absolute atomic E-state index is 13.7. The summed E-state index contributed by atoms with van der Waals surface area (Å²) in [7, 11) is 0. The summed E-state index contributed by atoms with van der Waals surface area (Å²) >= 11 is 3.15. The second-order valence-corrected chi connectivity index (χ2v) is 5.47. The molecule has 0 aliphatic heterocycles. The maximum Gasteiger partial charge on any atom is 0.254 e. The lowest BCUT2D eigenvalue weighted by atomic mass is 10.1. The first-order valence-corrected chi connectivity index (χ1v) is 6.88. The molecule has 1 aromatic carbocycles. The first kappa shape index (κ1) is 14.7. The van der Waals surface area contributed by atoms with Gasteiger partial charge in [-0.05, 0) is 39.0 Å². The lowest BCUT2D eigenvalue weighted by molar-refractivity contribution is 0.0935.